The summed E-state index contributed by atoms with van der Waals surface area (Å²) in [5, 5.41) is 0. The molecule has 0 spiro atoms. The summed E-state index contributed by atoms with van der Waals surface area (Å²) in [6.07, 6.45) is 7.96. The Balaban J connectivity index is 1.82. The van der Waals surface area contributed by atoms with Crippen LogP contribution in [0, 0.1) is 0 Å². The third kappa shape index (κ3) is 4.90. The average molecular weight is 325 g/mol. The molecule has 1 unspecified atom stereocenters. The molecule has 1 aliphatic heterocycles. The summed E-state index contributed by atoms with van der Waals surface area (Å²) in [6, 6.07) is 8.45. The van der Waals surface area contributed by atoms with Crippen LogP contribution in [0.15, 0.2) is 28.7 Å². The first-order valence-corrected chi connectivity index (χ1v) is 8.29. The summed E-state index contributed by atoms with van der Waals surface area (Å²) in [5.74, 6) is 0. The van der Waals surface area contributed by atoms with Gasteiger partial charge in [-0.1, -0.05) is 53.4 Å². The zero-order chi connectivity index (χ0) is 13.5. The summed E-state index contributed by atoms with van der Waals surface area (Å²) in [6.45, 7) is 3.63. The van der Waals surface area contributed by atoms with Gasteiger partial charge in [-0.25, -0.2) is 0 Å². The van der Waals surface area contributed by atoms with Crippen LogP contribution in [0.4, 0.5) is 0 Å². The zero-order valence-corrected chi connectivity index (χ0v) is 13.2. The molecule has 1 atom stereocenters. The molecular formula is C16H25BrN2. The molecule has 106 valence electrons. The van der Waals surface area contributed by atoms with E-state index in [2.05, 4.69) is 39.0 Å². The van der Waals surface area contributed by atoms with Crippen molar-refractivity contribution >= 4 is 15.9 Å². The highest BCUT2D eigenvalue weighted by Gasteiger charge is 2.13. The highest BCUT2D eigenvalue weighted by molar-refractivity contribution is 9.10. The Hall–Kier alpha value is -0.380. The van der Waals surface area contributed by atoms with Crippen LogP contribution < -0.4 is 5.73 Å². The second-order valence-corrected chi connectivity index (χ2v) is 6.38. The Kier molecular flexibility index (Phi) is 6.35. The highest BCUT2D eigenvalue weighted by Crippen LogP contribution is 2.24. The summed E-state index contributed by atoms with van der Waals surface area (Å²) < 4.78 is 1.13. The van der Waals surface area contributed by atoms with E-state index in [9.17, 15) is 0 Å². The molecule has 1 fully saturated rings. The Morgan fingerprint density at radius 1 is 1.05 bits per heavy atom. The summed E-state index contributed by atoms with van der Waals surface area (Å²) in [5.41, 5.74) is 7.56. The number of likely N-dealkylation sites (tertiary alicyclic amines) is 1. The first kappa shape index (κ1) is 15.0. The lowest BCUT2D eigenvalue weighted by atomic mass is 10.0. The Morgan fingerprint density at radius 3 is 2.37 bits per heavy atom. The average Bonchev–Trinajstić information content (AvgIpc) is 2.37. The number of rotatable bonds is 4. The van der Waals surface area contributed by atoms with E-state index in [1.165, 1.54) is 50.8 Å². The van der Waals surface area contributed by atoms with Crippen LogP contribution >= 0.6 is 15.9 Å². The summed E-state index contributed by atoms with van der Waals surface area (Å²) in [4.78, 5) is 2.59. The minimum Gasteiger partial charge on any atom is -0.324 e. The first-order valence-electron chi connectivity index (χ1n) is 7.50. The van der Waals surface area contributed by atoms with Crippen molar-refractivity contribution in [2.45, 2.75) is 44.6 Å². The first-order chi connectivity index (χ1) is 9.27. The molecule has 0 saturated carbocycles. The van der Waals surface area contributed by atoms with Gasteiger partial charge in [0, 0.05) is 10.5 Å². The van der Waals surface area contributed by atoms with E-state index in [4.69, 9.17) is 5.73 Å². The van der Waals surface area contributed by atoms with Crippen LogP contribution in [-0.2, 0) is 0 Å². The second kappa shape index (κ2) is 8.03. The van der Waals surface area contributed by atoms with E-state index in [-0.39, 0.29) is 6.04 Å². The van der Waals surface area contributed by atoms with Gasteiger partial charge in [-0.05, 0) is 50.5 Å². The lowest BCUT2D eigenvalue weighted by Gasteiger charge is -2.26. The van der Waals surface area contributed by atoms with Crippen molar-refractivity contribution in [3.05, 3.63) is 34.3 Å². The molecule has 2 rings (SSSR count). The fourth-order valence-corrected chi connectivity index (χ4v) is 3.37. The number of halogens is 1. The molecule has 2 N–H and O–H groups in total. The highest BCUT2D eigenvalue weighted by atomic mass is 79.9. The molecule has 3 heteroatoms. The number of nitrogens with zero attached hydrogens (tertiary/aromatic N) is 1. The molecule has 19 heavy (non-hydrogen) atoms. The van der Waals surface area contributed by atoms with Gasteiger partial charge in [0.05, 0.1) is 0 Å². The fraction of sp³-hybridized carbons (Fsp3) is 0.625. The third-order valence-corrected chi connectivity index (χ3v) is 4.73. The largest absolute Gasteiger partial charge is 0.324 e. The Bertz CT molecular complexity index is 373. The molecule has 0 bridgehead atoms. The van der Waals surface area contributed by atoms with Crippen molar-refractivity contribution in [3.63, 3.8) is 0 Å². The van der Waals surface area contributed by atoms with E-state index in [1.807, 2.05) is 6.07 Å². The van der Waals surface area contributed by atoms with Crippen LogP contribution in [0.1, 0.15) is 50.1 Å². The van der Waals surface area contributed by atoms with Gasteiger partial charge in [0.25, 0.3) is 0 Å². The number of nitrogens with two attached hydrogens (primary N) is 1. The van der Waals surface area contributed by atoms with Crippen molar-refractivity contribution in [2.24, 2.45) is 5.73 Å². The molecule has 2 nitrogen and oxygen atoms in total. The summed E-state index contributed by atoms with van der Waals surface area (Å²) in [7, 11) is 0. The van der Waals surface area contributed by atoms with Crippen molar-refractivity contribution in [2.75, 3.05) is 19.6 Å². The lowest BCUT2D eigenvalue weighted by Crippen LogP contribution is -2.30. The molecule has 0 aliphatic carbocycles. The molecule has 1 aliphatic rings. The smallest absolute Gasteiger partial charge is 0.0318 e. The SMILES string of the molecule is NC(CCN1CCCCCCC1)c1ccccc1Br. The minimum atomic E-state index is 0.140. The maximum absolute atomic E-state index is 6.33. The molecule has 0 aromatic heterocycles. The van der Waals surface area contributed by atoms with Gasteiger partial charge in [-0.3, -0.25) is 0 Å². The molecule has 1 aromatic carbocycles. The predicted molar refractivity (Wildman–Crippen MR) is 85.2 cm³/mol. The zero-order valence-electron chi connectivity index (χ0n) is 11.7. The quantitative estimate of drug-likeness (QED) is 0.903. The maximum Gasteiger partial charge on any atom is 0.0318 e. The Morgan fingerprint density at radius 2 is 1.68 bits per heavy atom. The molecule has 1 heterocycles. The second-order valence-electron chi connectivity index (χ2n) is 5.53. The molecule has 1 saturated heterocycles. The molecular weight excluding hydrogens is 300 g/mol. The van der Waals surface area contributed by atoms with Gasteiger partial charge >= 0.3 is 0 Å². The van der Waals surface area contributed by atoms with E-state index in [0.29, 0.717) is 0 Å². The standard InChI is InChI=1S/C16H25BrN2/c17-15-9-5-4-8-14(15)16(18)10-13-19-11-6-2-1-3-7-12-19/h4-5,8-9,16H,1-3,6-7,10-13,18H2. The number of hydrogen-bond acceptors (Lipinski definition) is 2. The van der Waals surface area contributed by atoms with Gasteiger partial charge in [0.2, 0.25) is 0 Å². The van der Waals surface area contributed by atoms with Gasteiger partial charge in [0.1, 0.15) is 0 Å². The predicted octanol–water partition coefficient (Wildman–Crippen LogP) is 4.11. The molecule has 0 radical (unpaired) electrons. The molecule has 1 aromatic rings. The number of hydrogen-bond donors (Lipinski definition) is 1. The van der Waals surface area contributed by atoms with Crippen LogP contribution in [0.2, 0.25) is 0 Å². The van der Waals surface area contributed by atoms with Gasteiger partial charge in [0.15, 0.2) is 0 Å². The lowest BCUT2D eigenvalue weighted by molar-refractivity contribution is 0.239. The van der Waals surface area contributed by atoms with Gasteiger partial charge in [-0.2, -0.15) is 0 Å². The van der Waals surface area contributed by atoms with Gasteiger partial charge in [-0.15, -0.1) is 0 Å². The van der Waals surface area contributed by atoms with Crippen LogP contribution in [0.5, 0.6) is 0 Å². The van der Waals surface area contributed by atoms with Gasteiger partial charge < -0.3 is 10.6 Å². The van der Waals surface area contributed by atoms with E-state index < -0.39 is 0 Å². The number of benzene rings is 1. The normalized spacial score (nSPS) is 19.7. The molecule has 0 amide bonds. The van der Waals surface area contributed by atoms with E-state index in [0.717, 1.165) is 17.4 Å². The van der Waals surface area contributed by atoms with Crippen LogP contribution in [0.3, 0.4) is 0 Å². The van der Waals surface area contributed by atoms with E-state index in [1.54, 1.807) is 0 Å². The van der Waals surface area contributed by atoms with E-state index >= 15 is 0 Å². The van der Waals surface area contributed by atoms with Crippen LogP contribution in [-0.4, -0.2) is 24.5 Å². The van der Waals surface area contributed by atoms with Crippen molar-refractivity contribution < 1.29 is 0 Å². The van der Waals surface area contributed by atoms with Crippen molar-refractivity contribution in [3.8, 4) is 0 Å². The fourth-order valence-electron chi connectivity index (χ4n) is 2.79. The van der Waals surface area contributed by atoms with Crippen molar-refractivity contribution in [1.29, 1.82) is 0 Å². The van der Waals surface area contributed by atoms with Crippen molar-refractivity contribution in [1.82, 2.24) is 4.90 Å². The minimum absolute atomic E-state index is 0.140. The third-order valence-electron chi connectivity index (χ3n) is 4.01. The monoisotopic (exact) mass is 324 g/mol. The topological polar surface area (TPSA) is 29.3 Å². The summed E-state index contributed by atoms with van der Waals surface area (Å²) >= 11 is 3.59. The maximum atomic E-state index is 6.33. The Labute approximate surface area is 125 Å². The van der Waals surface area contributed by atoms with Crippen LogP contribution in [0.25, 0.3) is 0 Å².